The predicted octanol–water partition coefficient (Wildman–Crippen LogP) is 4.43. The van der Waals surface area contributed by atoms with Crippen molar-refractivity contribution in [1.82, 2.24) is 0 Å². The van der Waals surface area contributed by atoms with Crippen molar-refractivity contribution in [3.63, 3.8) is 0 Å². The molecule has 0 aromatic heterocycles. The fourth-order valence-corrected chi connectivity index (χ4v) is 1.93. The molecule has 0 aliphatic carbocycles. The van der Waals surface area contributed by atoms with Gasteiger partial charge in [0.25, 0.3) is 0 Å². The van der Waals surface area contributed by atoms with Gasteiger partial charge in [-0.1, -0.05) is 38.1 Å². The number of nitrogens with one attached hydrogen (secondary N) is 1. The van der Waals surface area contributed by atoms with Crippen LogP contribution in [0.3, 0.4) is 0 Å². The van der Waals surface area contributed by atoms with E-state index >= 15 is 0 Å². The average molecular weight is 255 g/mol. The minimum Gasteiger partial charge on any atom is -0.497 e. The summed E-state index contributed by atoms with van der Waals surface area (Å²) < 4.78 is 5.15. The Morgan fingerprint density at radius 1 is 0.947 bits per heavy atom. The van der Waals surface area contributed by atoms with Gasteiger partial charge in [-0.15, -0.1) is 0 Å². The second kappa shape index (κ2) is 6.28. The van der Waals surface area contributed by atoms with E-state index in [1.807, 2.05) is 12.1 Å². The zero-order valence-electron chi connectivity index (χ0n) is 11.8. The second-order valence-corrected chi connectivity index (χ2v) is 4.98. The van der Waals surface area contributed by atoms with Crippen LogP contribution in [-0.4, -0.2) is 7.11 Å². The van der Waals surface area contributed by atoms with Gasteiger partial charge in [-0.2, -0.15) is 0 Å². The van der Waals surface area contributed by atoms with Crippen LogP contribution in [0.15, 0.2) is 48.5 Å². The predicted molar refractivity (Wildman–Crippen MR) is 80.9 cm³/mol. The summed E-state index contributed by atoms with van der Waals surface area (Å²) in [6.45, 7) is 5.24. The smallest absolute Gasteiger partial charge is 0.118 e. The maximum atomic E-state index is 5.15. The Morgan fingerprint density at radius 3 is 2.11 bits per heavy atom. The van der Waals surface area contributed by atoms with Crippen LogP contribution in [0.2, 0.25) is 0 Å². The van der Waals surface area contributed by atoms with Crippen molar-refractivity contribution in [2.45, 2.75) is 26.3 Å². The van der Waals surface area contributed by atoms with E-state index in [1.54, 1.807) is 7.11 Å². The van der Waals surface area contributed by atoms with Crippen LogP contribution >= 0.6 is 0 Å². The Kier molecular flexibility index (Phi) is 4.45. The summed E-state index contributed by atoms with van der Waals surface area (Å²) in [5.74, 6) is 1.47. The Morgan fingerprint density at radius 2 is 1.58 bits per heavy atom. The lowest BCUT2D eigenvalue weighted by Gasteiger charge is -2.09. The van der Waals surface area contributed by atoms with E-state index in [-0.39, 0.29) is 0 Å². The molecular weight excluding hydrogens is 234 g/mol. The molecule has 0 radical (unpaired) electrons. The van der Waals surface area contributed by atoms with Crippen LogP contribution in [0.25, 0.3) is 0 Å². The fraction of sp³-hybridized carbons (Fsp3) is 0.294. The molecule has 19 heavy (non-hydrogen) atoms. The zero-order chi connectivity index (χ0) is 13.7. The van der Waals surface area contributed by atoms with E-state index in [0.717, 1.165) is 18.0 Å². The molecule has 2 nitrogen and oxygen atoms in total. The van der Waals surface area contributed by atoms with E-state index in [1.165, 1.54) is 11.1 Å². The van der Waals surface area contributed by atoms with Gasteiger partial charge in [0.05, 0.1) is 7.11 Å². The van der Waals surface area contributed by atoms with Crippen LogP contribution < -0.4 is 10.1 Å². The summed E-state index contributed by atoms with van der Waals surface area (Å²) >= 11 is 0. The van der Waals surface area contributed by atoms with E-state index in [2.05, 4.69) is 55.6 Å². The molecule has 2 rings (SSSR count). The normalized spacial score (nSPS) is 10.5. The minimum atomic E-state index is 0.579. The molecule has 2 heteroatoms. The summed E-state index contributed by atoms with van der Waals surface area (Å²) in [6, 6.07) is 16.8. The van der Waals surface area contributed by atoms with Gasteiger partial charge < -0.3 is 10.1 Å². The first-order valence-electron chi connectivity index (χ1n) is 6.66. The number of hydrogen-bond donors (Lipinski definition) is 1. The van der Waals surface area contributed by atoms with Crippen LogP contribution in [0.1, 0.15) is 30.9 Å². The first kappa shape index (κ1) is 13.5. The van der Waals surface area contributed by atoms with E-state index < -0.39 is 0 Å². The van der Waals surface area contributed by atoms with Crippen LogP contribution in [-0.2, 0) is 6.54 Å². The Hall–Kier alpha value is -1.96. The quantitative estimate of drug-likeness (QED) is 0.853. The number of benzene rings is 2. The minimum absolute atomic E-state index is 0.579. The highest BCUT2D eigenvalue weighted by Gasteiger charge is 1.99. The summed E-state index contributed by atoms with van der Waals surface area (Å²) in [4.78, 5) is 0. The molecule has 0 saturated carbocycles. The highest BCUT2D eigenvalue weighted by Crippen LogP contribution is 2.18. The van der Waals surface area contributed by atoms with Crippen molar-refractivity contribution in [1.29, 1.82) is 0 Å². The van der Waals surface area contributed by atoms with Crippen molar-refractivity contribution in [2.75, 3.05) is 12.4 Å². The molecule has 2 aromatic rings. The van der Waals surface area contributed by atoms with Crippen molar-refractivity contribution in [3.05, 3.63) is 59.7 Å². The SMILES string of the molecule is COc1ccc(CNc2ccc(C(C)C)cc2)cc1. The molecule has 0 fully saturated rings. The topological polar surface area (TPSA) is 21.3 Å². The zero-order valence-corrected chi connectivity index (χ0v) is 11.8. The maximum absolute atomic E-state index is 5.15. The average Bonchev–Trinajstić information content (AvgIpc) is 2.46. The molecule has 2 aromatic carbocycles. The lowest BCUT2D eigenvalue weighted by Crippen LogP contribution is -1.99. The van der Waals surface area contributed by atoms with Gasteiger partial charge in [0.1, 0.15) is 5.75 Å². The van der Waals surface area contributed by atoms with Gasteiger partial charge in [0.2, 0.25) is 0 Å². The molecule has 0 heterocycles. The van der Waals surface area contributed by atoms with E-state index in [9.17, 15) is 0 Å². The van der Waals surface area contributed by atoms with Crippen LogP contribution in [0.5, 0.6) is 5.75 Å². The molecule has 0 aliphatic heterocycles. The lowest BCUT2D eigenvalue weighted by atomic mass is 10.0. The van der Waals surface area contributed by atoms with Crippen molar-refractivity contribution >= 4 is 5.69 Å². The number of methoxy groups -OCH3 is 1. The first-order valence-corrected chi connectivity index (χ1v) is 6.66. The first-order chi connectivity index (χ1) is 9.19. The largest absolute Gasteiger partial charge is 0.497 e. The third-order valence-electron chi connectivity index (χ3n) is 3.23. The van der Waals surface area contributed by atoms with Crippen molar-refractivity contribution in [3.8, 4) is 5.75 Å². The monoisotopic (exact) mass is 255 g/mol. The molecule has 0 aliphatic rings. The molecule has 0 unspecified atom stereocenters. The molecule has 0 saturated heterocycles. The Bertz CT molecular complexity index is 500. The van der Waals surface area contributed by atoms with Crippen LogP contribution in [0.4, 0.5) is 5.69 Å². The number of anilines is 1. The molecule has 0 amide bonds. The standard InChI is InChI=1S/C17H21NO/c1-13(2)15-6-8-16(9-7-15)18-12-14-4-10-17(19-3)11-5-14/h4-11,13,18H,12H2,1-3H3. The lowest BCUT2D eigenvalue weighted by molar-refractivity contribution is 0.414. The van der Waals surface area contributed by atoms with Gasteiger partial charge in [-0.25, -0.2) is 0 Å². The third-order valence-corrected chi connectivity index (χ3v) is 3.23. The molecule has 0 atom stereocenters. The number of rotatable bonds is 5. The highest BCUT2D eigenvalue weighted by molar-refractivity contribution is 5.45. The summed E-state index contributed by atoms with van der Waals surface area (Å²) in [7, 11) is 1.68. The summed E-state index contributed by atoms with van der Waals surface area (Å²) in [5, 5.41) is 3.42. The van der Waals surface area contributed by atoms with Gasteiger partial charge in [-0.05, 0) is 41.3 Å². The van der Waals surface area contributed by atoms with E-state index in [4.69, 9.17) is 4.74 Å². The molecule has 0 bridgehead atoms. The number of ether oxygens (including phenoxy) is 1. The highest BCUT2D eigenvalue weighted by atomic mass is 16.5. The van der Waals surface area contributed by atoms with Gasteiger partial charge in [0, 0.05) is 12.2 Å². The summed E-state index contributed by atoms with van der Waals surface area (Å²) in [5.41, 5.74) is 3.77. The second-order valence-electron chi connectivity index (χ2n) is 4.98. The Labute approximate surface area is 115 Å². The maximum Gasteiger partial charge on any atom is 0.118 e. The van der Waals surface area contributed by atoms with Gasteiger partial charge in [0.15, 0.2) is 0 Å². The van der Waals surface area contributed by atoms with E-state index in [0.29, 0.717) is 5.92 Å². The molecule has 1 N–H and O–H groups in total. The number of hydrogen-bond acceptors (Lipinski definition) is 2. The molecular formula is C17H21NO. The van der Waals surface area contributed by atoms with Gasteiger partial charge >= 0.3 is 0 Å². The molecule has 100 valence electrons. The van der Waals surface area contributed by atoms with Crippen LogP contribution in [0, 0.1) is 0 Å². The third kappa shape index (κ3) is 3.75. The van der Waals surface area contributed by atoms with Crippen molar-refractivity contribution < 1.29 is 4.74 Å². The summed E-state index contributed by atoms with van der Waals surface area (Å²) in [6.07, 6.45) is 0. The fourth-order valence-electron chi connectivity index (χ4n) is 1.93. The van der Waals surface area contributed by atoms with Crippen molar-refractivity contribution in [2.24, 2.45) is 0 Å². The van der Waals surface area contributed by atoms with Gasteiger partial charge in [-0.3, -0.25) is 0 Å². The molecule has 0 spiro atoms. The Balaban J connectivity index is 1.94.